The predicted molar refractivity (Wildman–Crippen MR) is 101 cm³/mol. The van der Waals surface area contributed by atoms with Crippen molar-refractivity contribution in [3.63, 3.8) is 0 Å². The first-order valence-electron chi connectivity index (χ1n) is 8.12. The van der Waals surface area contributed by atoms with Crippen LogP contribution in [0.2, 0.25) is 0 Å². The summed E-state index contributed by atoms with van der Waals surface area (Å²) in [5.41, 5.74) is -7.54. The van der Waals surface area contributed by atoms with E-state index in [-0.39, 0.29) is 36.9 Å². The van der Waals surface area contributed by atoms with Crippen LogP contribution in [0.4, 0.5) is 13.2 Å². The monoisotopic (exact) mass is 1040 g/mol. The minimum atomic E-state index is -6.17. The first-order valence-corrected chi connectivity index (χ1v) is 16.3. The molecule has 3 aromatic rings. The Morgan fingerprint density at radius 1 is 1.09 bits per heavy atom. The van der Waals surface area contributed by atoms with E-state index in [1.165, 1.54) is 0 Å². The summed E-state index contributed by atoms with van der Waals surface area (Å²) < 4.78 is 80.7. The van der Waals surface area contributed by atoms with Crippen molar-refractivity contribution in [2.75, 3.05) is 0 Å². The quantitative estimate of drug-likeness (QED) is 0.0961. The topological polar surface area (TPSA) is 135 Å². The molecule has 0 spiro atoms. The Morgan fingerprint density at radius 2 is 1.72 bits per heavy atom. The van der Waals surface area contributed by atoms with Crippen LogP contribution in [0.25, 0.3) is 11.2 Å². The van der Waals surface area contributed by atoms with Crippen molar-refractivity contribution < 1.29 is 50.2 Å². The van der Waals surface area contributed by atoms with Crippen LogP contribution in [0.5, 0.6) is 11.5 Å². The second-order valence-corrected chi connectivity index (χ2v) is 15.0. The fourth-order valence-corrected chi connectivity index (χ4v) is 9.69. The number of benzene rings is 2. The van der Waals surface area contributed by atoms with Gasteiger partial charge >= 0.3 is 226 Å². The number of furan rings is 2. The number of alkyl halides is 3. The van der Waals surface area contributed by atoms with Gasteiger partial charge in [0.15, 0.2) is 0 Å². The van der Waals surface area contributed by atoms with Crippen molar-refractivity contribution in [1.29, 1.82) is 0 Å². The average Bonchev–Trinajstić information content (AvgIpc) is 3.26. The van der Waals surface area contributed by atoms with Crippen LogP contribution in [-0.2, 0) is 10.0 Å². The molecule has 0 unspecified atom stereocenters. The van der Waals surface area contributed by atoms with Gasteiger partial charge in [-0.05, 0) is 0 Å². The summed E-state index contributed by atoms with van der Waals surface area (Å²) in [6, 6.07) is 3.74. The molecule has 0 fully saturated rings. The van der Waals surface area contributed by atoms with E-state index < -0.39 is 56.0 Å². The number of carbonyl (C=O) groups excluding carboxylic acids is 2. The number of rotatable bonds is 4. The predicted octanol–water partition coefficient (Wildman–Crippen LogP) is -2.04. The van der Waals surface area contributed by atoms with Crippen molar-refractivity contribution >= 4 is 126 Å². The van der Waals surface area contributed by atoms with Gasteiger partial charge in [-0.1, -0.05) is 0 Å². The molecule has 4 rings (SSSR count). The van der Waals surface area contributed by atoms with Crippen LogP contribution in [0.1, 0.15) is 26.3 Å². The molecule has 16 heteroatoms. The number of nitrogens with zero attached hydrogens (tertiary/aromatic N) is 1. The number of halogens is 3. The van der Waals surface area contributed by atoms with Crippen LogP contribution < -0.4 is 23.9 Å². The Hall–Kier alpha value is -0.844. The molecule has 0 saturated heterocycles. The van der Waals surface area contributed by atoms with Crippen LogP contribution in [0, 0.1) is 0 Å². The number of esters is 2. The number of ether oxygens (including phenoxy) is 2. The molecule has 0 aliphatic carbocycles. The summed E-state index contributed by atoms with van der Waals surface area (Å²) >= 11 is 1.06. The second kappa shape index (κ2) is 8.13. The van der Waals surface area contributed by atoms with Gasteiger partial charge in [-0.3, -0.25) is 0 Å². The molecule has 0 saturated carbocycles. The van der Waals surface area contributed by atoms with Crippen molar-refractivity contribution in [3.8, 4) is 11.5 Å². The van der Waals surface area contributed by atoms with Gasteiger partial charge in [0.05, 0.1) is 0 Å². The average molecular weight is 1040 g/mol. The molecule has 1 aliphatic heterocycles. The molecule has 0 atom stereocenters. The molecule has 0 amide bonds. The van der Waals surface area contributed by atoms with Gasteiger partial charge in [0.2, 0.25) is 0 Å². The Kier molecular flexibility index (Phi) is 6.17. The third-order valence-corrected chi connectivity index (χ3v) is 16.6. The zero-order chi connectivity index (χ0) is 23.7. The first-order chi connectivity index (χ1) is 14.7. The van der Waals surface area contributed by atoms with E-state index in [1.54, 1.807) is 6.07 Å². The van der Waals surface area contributed by atoms with Crippen LogP contribution >= 0.6 is 0 Å². The molecule has 0 N–H and O–H groups in total. The van der Waals surface area contributed by atoms with Gasteiger partial charge in [-0.25, -0.2) is 0 Å². The zero-order valence-corrected chi connectivity index (χ0v) is 29.4. The van der Waals surface area contributed by atoms with E-state index in [0.29, 0.717) is 57.1 Å². The number of carbonyl (C=O) groups is 2. The fraction of sp³-hybridized carbons (Fsp3) is 0.0625. The molecule has 9 nitrogen and oxygen atoms in total. The fourth-order valence-electron chi connectivity index (χ4n) is 2.91. The maximum atomic E-state index is 12.9. The maximum absolute atomic E-state index is 12.9. The van der Waals surface area contributed by atoms with E-state index in [2.05, 4.69) is 4.40 Å². The molecule has 0 radical (unpaired) electrons. The van der Waals surface area contributed by atoms with Crippen LogP contribution in [0.3, 0.4) is 0 Å². The van der Waals surface area contributed by atoms with Crippen LogP contribution in [0.15, 0.2) is 20.9 Å². The number of sulfonamides is 1. The van der Waals surface area contributed by atoms with E-state index in [9.17, 15) is 36.3 Å². The summed E-state index contributed by atoms with van der Waals surface area (Å²) in [5.74, 6) is -4.84. The SMILES string of the molecule is O=C(Oc1c2c3oc1c(C([O-])=NS(=O)(=O)C(F)(F)F)c3OC2=O)c1[c]([Tl])cc[c]([Tl])[c]1[Tl]. The Labute approximate surface area is 223 Å². The second-order valence-electron chi connectivity index (χ2n) is 6.30. The van der Waals surface area contributed by atoms with E-state index in [1.807, 2.05) is 6.07 Å². The van der Waals surface area contributed by atoms with Gasteiger partial charge in [-0.2, -0.15) is 0 Å². The van der Waals surface area contributed by atoms with E-state index in [0.717, 1.165) is 9.37 Å². The number of hydrogen-bond donors (Lipinski definition) is 0. The standard InChI is InChI=1S/C16H3F3NO8S.3Tl/c17-16(18,19)29(24,25)20-13(21)7-9-12(8-11(26-9)10(7)28-15(8)23)27-14(22)6-4-2-1-3-5-6;;;/h1-2H,(H,20,21);;;/p-1. The van der Waals surface area contributed by atoms with Crippen molar-refractivity contribution in [2.45, 2.75) is 5.51 Å². The molecule has 2 bridgehead atoms. The summed E-state index contributed by atoms with van der Waals surface area (Å²) in [5, 5.41) is 12.3. The van der Waals surface area contributed by atoms with Gasteiger partial charge in [0.25, 0.3) is 0 Å². The van der Waals surface area contributed by atoms with Gasteiger partial charge in [0.1, 0.15) is 0 Å². The number of fused-ring (bicyclic) bond motifs is 1. The van der Waals surface area contributed by atoms with Crippen molar-refractivity contribution in [1.82, 2.24) is 0 Å². The Bertz CT molecular complexity index is 1460. The minimum absolute atomic E-state index is 0.285. The van der Waals surface area contributed by atoms with E-state index in [4.69, 9.17) is 13.9 Å². The van der Waals surface area contributed by atoms with E-state index >= 15 is 0 Å². The molecular formula is C16H2F3NO8STl3-. The van der Waals surface area contributed by atoms with Crippen molar-refractivity contribution in [3.05, 3.63) is 28.8 Å². The van der Waals surface area contributed by atoms with Gasteiger partial charge in [0, 0.05) is 0 Å². The molecule has 1 aromatic carbocycles. The summed E-state index contributed by atoms with van der Waals surface area (Å²) in [6.45, 7) is 0. The van der Waals surface area contributed by atoms with Crippen molar-refractivity contribution in [2.24, 2.45) is 4.40 Å². The van der Waals surface area contributed by atoms with Gasteiger partial charge < -0.3 is 0 Å². The molecule has 2 aromatic heterocycles. The molecule has 3 heterocycles. The summed E-state index contributed by atoms with van der Waals surface area (Å²) in [7, 11) is -6.17. The Balaban J connectivity index is 1.84. The summed E-state index contributed by atoms with van der Waals surface area (Å²) in [4.78, 5) is 25.1. The first kappa shape index (κ1) is 24.3. The summed E-state index contributed by atoms with van der Waals surface area (Å²) in [6.07, 6.45) is 0. The number of hydrogen-bond acceptors (Lipinski definition) is 8. The third-order valence-electron chi connectivity index (χ3n) is 4.34. The Morgan fingerprint density at radius 3 is 2.34 bits per heavy atom. The van der Waals surface area contributed by atoms with Crippen LogP contribution in [-0.4, -0.2) is 109 Å². The molecule has 156 valence electrons. The molecular weight excluding hydrogens is 1040 g/mol. The third kappa shape index (κ3) is 3.78. The van der Waals surface area contributed by atoms with Gasteiger partial charge in [-0.15, -0.1) is 0 Å². The zero-order valence-electron chi connectivity index (χ0n) is 15.1. The molecule has 32 heavy (non-hydrogen) atoms. The normalized spacial score (nSPS) is 14.1. The molecule has 1 aliphatic rings.